The SMILES string of the molecule is Cc1cccc(C)c1NC(=O)CNC(=O)c1cncn1-c1ccccc1. The van der Waals surface area contributed by atoms with Crippen LogP contribution in [0.3, 0.4) is 0 Å². The lowest BCUT2D eigenvalue weighted by atomic mass is 10.1. The van der Waals surface area contributed by atoms with Crippen LogP contribution in [0.1, 0.15) is 21.6 Å². The molecular formula is C20H20N4O2. The molecule has 0 aliphatic carbocycles. The molecule has 6 heteroatoms. The van der Waals surface area contributed by atoms with Crippen LogP contribution in [0.5, 0.6) is 0 Å². The van der Waals surface area contributed by atoms with Crippen molar-refractivity contribution >= 4 is 17.5 Å². The number of benzene rings is 2. The maximum atomic E-state index is 12.4. The van der Waals surface area contributed by atoms with Crippen molar-refractivity contribution in [1.82, 2.24) is 14.9 Å². The number of rotatable bonds is 5. The van der Waals surface area contributed by atoms with E-state index in [9.17, 15) is 9.59 Å². The Kier molecular flexibility index (Phi) is 5.12. The fourth-order valence-electron chi connectivity index (χ4n) is 2.70. The third-order valence-corrected chi connectivity index (χ3v) is 4.06. The predicted octanol–water partition coefficient (Wildman–Crippen LogP) is 2.86. The minimum Gasteiger partial charge on any atom is -0.342 e. The number of aromatic nitrogens is 2. The number of hydrogen-bond donors (Lipinski definition) is 2. The van der Waals surface area contributed by atoms with E-state index in [2.05, 4.69) is 15.6 Å². The zero-order valence-electron chi connectivity index (χ0n) is 14.7. The van der Waals surface area contributed by atoms with Gasteiger partial charge < -0.3 is 10.6 Å². The van der Waals surface area contributed by atoms with Gasteiger partial charge in [-0.05, 0) is 37.1 Å². The van der Waals surface area contributed by atoms with E-state index in [1.54, 1.807) is 10.9 Å². The predicted molar refractivity (Wildman–Crippen MR) is 100 cm³/mol. The molecule has 0 atom stereocenters. The van der Waals surface area contributed by atoms with Crippen molar-refractivity contribution in [1.29, 1.82) is 0 Å². The molecule has 1 aromatic heterocycles. The second-order valence-electron chi connectivity index (χ2n) is 5.98. The van der Waals surface area contributed by atoms with Crippen molar-refractivity contribution in [3.05, 3.63) is 77.9 Å². The van der Waals surface area contributed by atoms with E-state index in [-0.39, 0.29) is 18.4 Å². The number of anilines is 1. The monoisotopic (exact) mass is 348 g/mol. The molecular weight excluding hydrogens is 328 g/mol. The molecule has 0 unspecified atom stereocenters. The minimum atomic E-state index is -0.358. The van der Waals surface area contributed by atoms with Crippen LogP contribution in [0, 0.1) is 13.8 Å². The Bertz CT molecular complexity index is 912. The highest BCUT2D eigenvalue weighted by Gasteiger charge is 2.14. The van der Waals surface area contributed by atoms with Gasteiger partial charge in [-0.3, -0.25) is 14.2 Å². The van der Waals surface area contributed by atoms with Crippen molar-refractivity contribution in [2.24, 2.45) is 0 Å². The topological polar surface area (TPSA) is 76.0 Å². The van der Waals surface area contributed by atoms with Gasteiger partial charge in [-0.25, -0.2) is 4.98 Å². The number of carbonyl (C=O) groups excluding carboxylic acids is 2. The first-order valence-corrected chi connectivity index (χ1v) is 8.28. The Labute approximate surface area is 151 Å². The highest BCUT2D eigenvalue weighted by molar-refractivity contribution is 5.99. The fraction of sp³-hybridized carbons (Fsp3) is 0.150. The van der Waals surface area contributed by atoms with Crippen molar-refractivity contribution in [3.8, 4) is 5.69 Å². The van der Waals surface area contributed by atoms with Gasteiger partial charge in [-0.1, -0.05) is 36.4 Å². The van der Waals surface area contributed by atoms with Gasteiger partial charge in [0.2, 0.25) is 5.91 Å². The molecule has 0 bridgehead atoms. The minimum absolute atomic E-state index is 0.118. The van der Waals surface area contributed by atoms with Crippen molar-refractivity contribution in [2.45, 2.75) is 13.8 Å². The fourth-order valence-corrected chi connectivity index (χ4v) is 2.70. The van der Waals surface area contributed by atoms with Crippen molar-refractivity contribution < 1.29 is 9.59 Å². The summed E-state index contributed by atoms with van der Waals surface area (Å²) in [6, 6.07) is 15.2. The molecule has 3 rings (SSSR count). The number of aryl methyl sites for hydroxylation is 2. The van der Waals surface area contributed by atoms with Crippen LogP contribution in [0.15, 0.2) is 61.1 Å². The second kappa shape index (κ2) is 7.65. The smallest absolute Gasteiger partial charge is 0.270 e. The van der Waals surface area contributed by atoms with Crippen LogP contribution in [0.25, 0.3) is 5.69 Å². The lowest BCUT2D eigenvalue weighted by Gasteiger charge is -2.12. The van der Waals surface area contributed by atoms with Crippen LogP contribution in [0.2, 0.25) is 0 Å². The lowest BCUT2D eigenvalue weighted by molar-refractivity contribution is -0.115. The molecule has 26 heavy (non-hydrogen) atoms. The Balaban J connectivity index is 1.65. The van der Waals surface area contributed by atoms with Gasteiger partial charge in [0, 0.05) is 11.4 Å². The normalized spacial score (nSPS) is 10.4. The molecule has 0 spiro atoms. The molecule has 0 aliphatic heterocycles. The quantitative estimate of drug-likeness (QED) is 0.744. The summed E-state index contributed by atoms with van der Waals surface area (Å²) in [7, 11) is 0. The largest absolute Gasteiger partial charge is 0.342 e. The summed E-state index contributed by atoms with van der Waals surface area (Å²) in [6.07, 6.45) is 3.05. The van der Waals surface area contributed by atoms with E-state index in [0.717, 1.165) is 22.5 Å². The highest BCUT2D eigenvalue weighted by Crippen LogP contribution is 2.19. The molecule has 3 aromatic rings. The molecule has 0 fully saturated rings. The van der Waals surface area contributed by atoms with Crippen LogP contribution in [-0.2, 0) is 4.79 Å². The first-order chi connectivity index (χ1) is 12.6. The molecule has 132 valence electrons. The van der Waals surface area contributed by atoms with Crippen molar-refractivity contribution in [2.75, 3.05) is 11.9 Å². The standard InChI is InChI=1S/C20H20N4O2/c1-14-7-6-8-15(2)19(14)23-18(25)12-22-20(26)17-11-21-13-24(17)16-9-4-3-5-10-16/h3-11,13H,12H2,1-2H3,(H,22,26)(H,23,25). The number of imidazole rings is 1. The Morgan fingerprint density at radius 2 is 1.69 bits per heavy atom. The average Bonchev–Trinajstić information content (AvgIpc) is 3.13. The molecule has 6 nitrogen and oxygen atoms in total. The molecule has 0 aliphatic rings. The molecule has 0 radical (unpaired) electrons. The Morgan fingerprint density at radius 1 is 1.00 bits per heavy atom. The summed E-state index contributed by atoms with van der Waals surface area (Å²) in [4.78, 5) is 28.7. The first-order valence-electron chi connectivity index (χ1n) is 8.28. The lowest BCUT2D eigenvalue weighted by Crippen LogP contribution is -2.34. The van der Waals surface area contributed by atoms with Gasteiger partial charge in [-0.2, -0.15) is 0 Å². The van der Waals surface area contributed by atoms with Crippen molar-refractivity contribution in [3.63, 3.8) is 0 Å². The molecule has 1 heterocycles. The summed E-state index contributed by atoms with van der Waals surface area (Å²) >= 11 is 0. The van der Waals surface area contributed by atoms with Crippen LogP contribution >= 0.6 is 0 Å². The van der Waals surface area contributed by atoms with Crippen LogP contribution in [-0.4, -0.2) is 27.9 Å². The number of nitrogens with zero attached hydrogens (tertiary/aromatic N) is 2. The van der Waals surface area contributed by atoms with Gasteiger partial charge in [0.15, 0.2) is 0 Å². The zero-order chi connectivity index (χ0) is 18.5. The van der Waals surface area contributed by atoms with Gasteiger partial charge in [-0.15, -0.1) is 0 Å². The Morgan fingerprint density at radius 3 is 2.38 bits per heavy atom. The molecule has 0 saturated heterocycles. The van der Waals surface area contributed by atoms with Crippen LogP contribution < -0.4 is 10.6 Å². The maximum Gasteiger partial charge on any atom is 0.270 e. The molecule has 0 saturated carbocycles. The van der Waals surface area contributed by atoms with E-state index >= 15 is 0 Å². The van der Waals surface area contributed by atoms with E-state index in [4.69, 9.17) is 0 Å². The summed E-state index contributed by atoms with van der Waals surface area (Å²) in [5.41, 5.74) is 3.94. The number of para-hydroxylation sites is 2. The summed E-state index contributed by atoms with van der Waals surface area (Å²) < 4.78 is 1.68. The third-order valence-electron chi connectivity index (χ3n) is 4.06. The number of amides is 2. The summed E-state index contributed by atoms with van der Waals surface area (Å²) in [6.45, 7) is 3.74. The van der Waals surface area contributed by atoms with Gasteiger partial charge in [0.25, 0.3) is 5.91 Å². The number of nitrogens with one attached hydrogen (secondary N) is 2. The van der Waals surface area contributed by atoms with Gasteiger partial charge >= 0.3 is 0 Å². The number of carbonyl (C=O) groups is 2. The maximum absolute atomic E-state index is 12.4. The van der Waals surface area contributed by atoms with Gasteiger partial charge in [0.05, 0.1) is 19.1 Å². The molecule has 2 N–H and O–H groups in total. The first kappa shape index (κ1) is 17.4. The average molecular weight is 348 g/mol. The Hall–Kier alpha value is -3.41. The van der Waals surface area contributed by atoms with E-state index < -0.39 is 0 Å². The van der Waals surface area contributed by atoms with E-state index in [1.807, 2.05) is 62.4 Å². The molecule has 2 aromatic carbocycles. The van der Waals surface area contributed by atoms with Crippen LogP contribution in [0.4, 0.5) is 5.69 Å². The third kappa shape index (κ3) is 3.80. The van der Waals surface area contributed by atoms with E-state index in [0.29, 0.717) is 5.69 Å². The second-order valence-corrected chi connectivity index (χ2v) is 5.98. The van der Waals surface area contributed by atoms with Gasteiger partial charge in [0.1, 0.15) is 5.69 Å². The highest BCUT2D eigenvalue weighted by atomic mass is 16.2. The zero-order valence-corrected chi connectivity index (χ0v) is 14.7. The number of hydrogen-bond acceptors (Lipinski definition) is 3. The molecule has 2 amide bonds. The summed E-state index contributed by atoms with van der Waals surface area (Å²) in [5, 5.41) is 5.49. The summed E-state index contributed by atoms with van der Waals surface area (Å²) in [5.74, 6) is -0.635. The van der Waals surface area contributed by atoms with E-state index in [1.165, 1.54) is 6.20 Å².